The number of fused-ring (bicyclic) bond motifs is 1. The van der Waals surface area contributed by atoms with Crippen LogP contribution in [0.15, 0.2) is 40.1 Å². The van der Waals surface area contributed by atoms with Crippen molar-refractivity contribution in [2.24, 2.45) is 5.92 Å². The number of β-lactam (4-membered cyclic amide) rings is 1. The number of benzene rings is 1. The van der Waals surface area contributed by atoms with Gasteiger partial charge in [-0.1, -0.05) is 22.9 Å². The number of carbonyl (C=O) groups excluding carboxylic acids is 2. The maximum Gasteiger partial charge on any atom is 0.358 e. The number of nitrogens with zero attached hydrogens (tertiary/aromatic N) is 2. The number of methoxy groups -OCH3 is 1. The zero-order valence-corrected chi connectivity index (χ0v) is 20.2. The van der Waals surface area contributed by atoms with E-state index in [1.165, 1.54) is 46.8 Å². The molecule has 1 saturated heterocycles. The highest BCUT2D eigenvalue weighted by molar-refractivity contribution is 8.77. The maximum absolute atomic E-state index is 12.8. The molecule has 31 heavy (non-hydrogen) atoms. The number of aliphatic hydroxyl groups excluding tert-OH is 1. The lowest BCUT2D eigenvalue weighted by Crippen LogP contribution is -2.62. The average molecular weight is 505 g/mol. The van der Waals surface area contributed by atoms with Gasteiger partial charge in [0.2, 0.25) is 5.91 Å². The van der Waals surface area contributed by atoms with Gasteiger partial charge in [-0.3, -0.25) is 9.69 Å². The number of aliphatic hydroxyl groups is 1. The molecule has 1 aliphatic rings. The minimum absolute atomic E-state index is 0.290. The molecule has 0 spiro atoms. The Morgan fingerprint density at radius 1 is 1.35 bits per heavy atom. The Kier molecular flexibility index (Phi) is 7.21. The molecule has 0 radical (unpaired) electrons. The molecule has 0 saturated carbocycles. The second-order valence-corrected chi connectivity index (χ2v) is 11.8. The predicted octanol–water partition coefficient (Wildman–Crippen LogP) is 2.58. The lowest BCUT2D eigenvalue weighted by atomic mass is 9.92. The zero-order valence-electron chi connectivity index (χ0n) is 17.0. The van der Waals surface area contributed by atoms with Crippen LogP contribution in [0.3, 0.4) is 0 Å². The van der Waals surface area contributed by atoms with E-state index < -0.39 is 39.4 Å². The Bertz CT molecular complexity index is 1110. The number of allylic oxidation sites excluding steroid dienone is 1. The van der Waals surface area contributed by atoms with Gasteiger partial charge >= 0.3 is 16.1 Å². The van der Waals surface area contributed by atoms with Gasteiger partial charge in [0.1, 0.15) is 11.1 Å². The summed E-state index contributed by atoms with van der Waals surface area (Å²) < 4.78 is 34.4. The fourth-order valence-electron chi connectivity index (χ4n) is 3.02. The molecule has 2 aromatic rings. The van der Waals surface area contributed by atoms with Crippen molar-refractivity contribution >= 4 is 65.1 Å². The number of amides is 1. The highest BCUT2D eigenvalue weighted by atomic mass is 33.1. The number of rotatable bonds is 8. The van der Waals surface area contributed by atoms with Crippen molar-refractivity contribution in [2.45, 2.75) is 29.7 Å². The monoisotopic (exact) mass is 504 g/mol. The van der Waals surface area contributed by atoms with Crippen LogP contribution >= 0.6 is 32.9 Å². The first-order valence-corrected chi connectivity index (χ1v) is 13.8. The SMILES string of the molecule is COC(=O)/C(=C(/C)OS(C)(=O)=O)N1C(=O)C([C@H](C)O)C1SSc1nc2ccccc2s1. The van der Waals surface area contributed by atoms with Gasteiger partial charge in [-0.2, -0.15) is 8.42 Å². The molecule has 13 heteroatoms. The minimum Gasteiger partial charge on any atom is -0.464 e. The van der Waals surface area contributed by atoms with Crippen molar-refractivity contribution in [3.05, 3.63) is 35.7 Å². The molecule has 9 nitrogen and oxygen atoms in total. The Morgan fingerprint density at radius 2 is 2.03 bits per heavy atom. The van der Waals surface area contributed by atoms with Crippen LogP contribution in [0.2, 0.25) is 0 Å². The van der Waals surface area contributed by atoms with Crippen LogP contribution in [0.5, 0.6) is 0 Å². The molecular weight excluding hydrogens is 484 g/mol. The predicted molar refractivity (Wildman–Crippen MR) is 120 cm³/mol. The van der Waals surface area contributed by atoms with Gasteiger partial charge < -0.3 is 14.0 Å². The van der Waals surface area contributed by atoms with E-state index in [1.807, 2.05) is 24.3 Å². The van der Waals surface area contributed by atoms with E-state index in [1.54, 1.807) is 0 Å². The summed E-state index contributed by atoms with van der Waals surface area (Å²) in [5.74, 6) is -2.54. The Morgan fingerprint density at radius 3 is 2.61 bits per heavy atom. The fraction of sp³-hybridized carbons (Fsp3) is 0.389. The molecule has 1 aromatic carbocycles. The van der Waals surface area contributed by atoms with Gasteiger partial charge in [0.25, 0.3) is 0 Å². The van der Waals surface area contributed by atoms with Crippen molar-refractivity contribution in [3.8, 4) is 0 Å². The van der Waals surface area contributed by atoms with Crippen LogP contribution in [0.4, 0.5) is 0 Å². The number of para-hydroxylation sites is 1. The number of likely N-dealkylation sites (tertiary alicyclic amines) is 1. The van der Waals surface area contributed by atoms with E-state index in [2.05, 4.69) is 4.98 Å². The van der Waals surface area contributed by atoms with E-state index >= 15 is 0 Å². The number of hydrogen-bond donors (Lipinski definition) is 1. The number of ether oxygens (including phenoxy) is 1. The summed E-state index contributed by atoms with van der Waals surface area (Å²) in [4.78, 5) is 30.8. The van der Waals surface area contributed by atoms with E-state index in [0.717, 1.165) is 32.8 Å². The summed E-state index contributed by atoms with van der Waals surface area (Å²) in [6.45, 7) is 2.75. The van der Waals surface area contributed by atoms with Crippen LogP contribution in [0.25, 0.3) is 10.2 Å². The molecule has 2 unspecified atom stereocenters. The Labute approximate surface area is 191 Å². The summed E-state index contributed by atoms with van der Waals surface area (Å²) in [6.07, 6.45) is -0.149. The van der Waals surface area contributed by atoms with Crippen molar-refractivity contribution < 1.29 is 32.0 Å². The third-order valence-electron chi connectivity index (χ3n) is 4.33. The van der Waals surface area contributed by atoms with Crippen molar-refractivity contribution in [1.82, 2.24) is 9.88 Å². The van der Waals surface area contributed by atoms with Crippen LogP contribution in [0.1, 0.15) is 13.8 Å². The Balaban J connectivity index is 1.91. The zero-order chi connectivity index (χ0) is 22.9. The van der Waals surface area contributed by atoms with Crippen molar-refractivity contribution in [3.63, 3.8) is 0 Å². The van der Waals surface area contributed by atoms with E-state index in [9.17, 15) is 23.1 Å². The summed E-state index contributed by atoms with van der Waals surface area (Å²) in [7, 11) is -0.282. The molecule has 168 valence electrons. The average Bonchev–Trinajstić information content (AvgIpc) is 3.09. The molecule has 3 rings (SSSR count). The molecule has 2 heterocycles. The van der Waals surface area contributed by atoms with Crippen LogP contribution in [-0.4, -0.2) is 60.1 Å². The first-order chi connectivity index (χ1) is 14.5. The van der Waals surface area contributed by atoms with E-state index in [0.29, 0.717) is 0 Å². The second-order valence-electron chi connectivity index (χ2n) is 6.68. The molecule has 3 atom stereocenters. The third-order valence-corrected chi connectivity index (χ3v) is 8.91. The van der Waals surface area contributed by atoms with Gasteiger partial charge in [-0.05, 0) is 36.8 Å². The third kappa shape index (κ3) is 5.17. The maximum atomic E-state index is 12.8. The summed E-state index contributed by atoms with van der Waals surface area (Å²) in [5.41, 5.74) is 0.522. The normalized spacial score (nSPS) is 20.8. The highest BCUT2D eigenvalue weighted by Gasteiger charge is 2.54. The highest BCUT2D eigenvalue weighted by Crippen LogP contribution is 2.49. The largest absolute Gasteiger partial charge is 0.464 e. The summed E-state index contributed by atoms with van der Waals surface area (Å²) in [6, 6.07) is 7.64. The number of thiazole rings is 1. The van der Waals surface area contributed by atoms with Gasteiger partial charge in [0.15, 0.2) is 10.0 Å². The molecule has 1 aromatic heterocycles. The van der Waals surface area contributed by atoms with Crippen LogP contribution in [-0.2, 0) is 28.6 Å². The molecule has 1 amide bonds. The number of aromatic nitrogens is 1. The summed E-state index contributed by atoms with van der Waals surface area (Å²) in [5, 5.41) is 9.43. The lowest BCUT2D eigenvalue weighted by molar-refractivity contribution is -0.158. The lowest BCUT2D eigenvalue weighted by Gasteiger charge is -2.47. The molecule has 0 bridgehead atoms. The molecule has 0 aliphatic carbocycles. The van der Waals surface area contributed by atoms with Gasteiger partial charge in [0, 0.05) is 0 Å². The number of hydrogen-bond acceptors (Lipinski definition) is 11. The van der Waals surface area contributed by atoms with Crippen molar-refractivity contribution in [1.29, 1.82) is 0 Å². The van der Waals surface area contributed by atoms with Crippen LogP contribution < -0.4 is 0 Å². The van der Waals surface area contributed by atoms with Gasteiger partial charge in [0.05, 0.1) is 35.6 Å². The standard InChI is InChI=1S/C18H20N2O7S4/c1-9(21)13-15(22)20(14(17(23)26-3)10(2)27-31(4,24)25)16(13)29-30-18-19-11-7-5-6-8-12(11)28-18/h5-9,13,16,21H,1-4H3/b14-10+/t9-,13?,16?/m0/s1. The van der Waals surface area contributed by atoms with Crippen LogP contribution in [0, 0.1) is 5.92 Å². The quantitative estimate of drug-likeness (QED) is 0.143. The van der Waals surface area contributed by atoms with Crippen molar-refractivity contribution in [2.75, 3.05) is 13.4 Å². The smallest absolute Gasteiger partial charge is 0.358 e. The Hall–Kier alpha value is -1.80. The molecule has 1 fully saturated rings. The molecule has 1 N–H and O–H groups in total. The van der Waals surface area contributed by atoms with E-state index in [4.69, 9.17) is 8.92 Å². The second kappa shape index (κ2) is 9.36. The summed E-state index contributed by atoms with van der Waals surface area (Å²) >= 11 is 1.48. The number of esters is 1. The first kappa shape index (κ1) is 23.9. The first-order valence-electron chi connectivity index (χ1n) is 8.92. The molecular formula is C18H20N2O7S4. The van der Waals surface area contributed by atoms with E-state index in [-0.39, 0.29) is 11.5 Å². The van der Waals surface area contributed by atoms with Gasteiger partial charge in [-0.25, -0.2) is 9.78 Å². The number of carbonyl (C=O) groups is 2. The minimum atomic E-state index is -3.94. The molecule has 1 aliphatic heterocycles. The fourth-order valence-corrected chi connectivity index (χ4v) is 7.67. The van der Waals surface area contributed by atoms with Gasteiger partial charge in [-0.15, -0.1) is 11.3 Å². The topological polar surface area (TPSA) is 123 Å².